The lowest BCUT2D eigenvalue weighted by Gasteiger charge is -2.26. The molecule has 0 saturated heterocycles. The van der Waals surface area contributed by atoms with Crippen LogP contribution in [0, 0.1) is 0 Å². The Morgan fingerprint density at radius 2 is 1.82 bits per heavy atom. The summed E-state index contributed by atoms with van der Waals surface area (Å²) in [4.78, 5) is 21.3. The number of nitrogens with one attached hydrogen (secondary N) is 2. The van der Waals surface area contributed by atoms with Crippen molar-refractivity contribution in [3.05, 3.63) is 47.5 Å². The Labute approximate surface area is 234 Å². The SMILES string of the molecule is CCN(CC)CCCS(=O)(=O)N[C@H](CCc1ccccc1)c1nc(CN(C)C(=O)NC2CCCCC2)n(C)n1. The van der Waals surface area contributed by atoms with E-state index >= 15 is 0 Å². The summed E-state index contributed by atoms with van der Waals surface area (Å²) in [5, 5.41) is 7.71. The number of urea groups is 1. The van der Waals surface area contributed by atoms with E-state index in [4.69, 9.17) is 4.98 Å². The highest BCUT2D eigenvalue weighted by molar-refractivity contribution is 7.89. The summed E-state index contributed by atoms with van der Waals surface area (Å²) >= 11 is 0. The van der Waals surface area contributed by atoms with Crippen molar-refractivity contribution < 1.29 is 13.2 Å². The molecule has 39 heavy (non-hydrogen) atoms. The average molecular weight is 562 g/mol. The van der Waals surface area contributed by atoms with Gasteiger partial charge in [-0.2, -0.15) is 5.10 Å². The van der Waals surface area contributed by atoms with Crippen molar-refractivity contribution in [3.63, 3.8) is 0 Å². The molecule has 2 N–H and O–H groups in total. The van der Waals surface area contributed by atoms with E-state index in [-0.39, 0.29) is 24.4 Å². The normalized spacial score (nSPS) is 15.4. The van der Waals surface area contributed by atoms with Crippen LogP contribution in [0.3, 0.4) is 0 Å². The number of amides is 2. The predicted octanol–water partition coefficient (Wildman–Crippen LogP) is 3.61. The first kappa shape index (κ1) is 31.0. The predicted molar refractivity (Wildman–Crippen MR) is 155 cm³/mol. The van der Waals surface area contributed by atoms with Gasteiger partial charge in [-0.05, 0) is 57.3 Å². The smallest absolute Gasteiger partial charge is 0.317 e. The summed E-state index contributed by atoms with van der Waals surface area (Å²) in [6.45, 7) is 6.98. The van der Waals surface area contributed by atoms with Crippen molar-refractivity contribution in [3.8, 4) is 0 Å². The molecule has 0 aliphatic heterocycles. The Morgan fingerprint density at radius 1 is 1.13 bits per heavy atom. The van der Waals surface area contributed by atoms with Gasteiger partial charge in [0.05, 0.1) is 18.3 Å². The first-order chi connectivity index (χ1) is 18.7. The Morgan fingerprint density at radius 3 is 2.49 bits per heavy atom. The number of aryl methyl sites for hydroxylation is 2. The monoisotopic (exact) mass is 561 g/mol. The first-order valence-corrected chi connectivity index (χ1v) is 16.0. The molecular formula is C28H47N7O3S. The standard InChI is InChI=1S/C28H47N7O3S/c1-5-35(6-2)20-13-21-39(37,38)32-25(19-18-23-14-9-7-10-15-23)27-30-26(34(4)31-27)22-33(3)28(36)29-24-16-11-8-12-17-24/h7,9-10,14-15,24-25,32H,5-6,8,11-13,16-22H2,1-4H3,(H,29,36)/t25-/m1/s1. The number of rotatable bonds is 15. The van der Waals surface area contributed by atoms with Crippen LogP contribution in [0.2, 0.25) is 0 Å². The topological polar surface area (TPSA) is 112 Å². The van der Waals surface area contributed by atoms with Crippen LogP contribution in [0.25, 0.3) is 0 Å². The fourth-order valence-electron chi connectivity index (χ4n) is 5.03. The lowest BCUT2D eigenvalue weighted by atomic mass is 9.96. The Balaban J connectivity index is 1.69. The quantitative estimate of drug-likeness (QED) is 0.344. The molecule has 1 aromatic heterocycles. The lowest BCUT2D eigenvalue weighted by Crippen LogP contribution is -2.43. The maximum absolute atomic E-state index is 13.1. The van der Waals surface area contributed by atoms with E-state index in [9.17, 15) is 13.2 Å². The number of benzene rings is 1. The zero-order valence-electron chi connectivity index (χ0n) is 24.1. The van der Waals surface area contributed by atoms with Crippen LogP contribution in [0.15, 0.2) is 30.3 Å². The molecule has 2 amide bonds. The summed E-state index contributed by atoms with van der Waals surface area (Å²) in [5.41, 5.74) is 1.12. The number of hydrogen-bond donors (Lipinski definition) is 2. The van der Waals surface area contributed by atoms with Gasteiger partial charge in [0.25, 0.3) is 0 Å². The molecule has 0 unspecified atom stereocenters. The van der Waals surface area contributed by atoms with Crippen LogP contribution >= 0.6 is 0 Å². The van der Waals surface area contributed by atoms with Crippen molar-refractivity contribution >= 4 is 16.1 Å². The van der Waals surface area contributed by atoms with E-state index in [1.807, 2.05) is 30.3 Å². The molecule has 1 aliphatic carbocycles. The summed E-state index contributed by atoms with van der Waals surface area (Å²) in [6, 6.07) is 9.53. The van der Waals surface area contributed by atoms with Gasteiger partial charge >= 0.3 is 6.03 Å². The number of carbonyl (C=O) groups excluding carboxylic acids is 1. The number of carbonyl (C=O) groups is 1. The van der Waals surface area contributed by atoms with E-state index in [1.54, 1.807) is 23.7 Å². The van der Waals surface area contributed by atoms with Crippen molar-refractivity contribution in [2.24, 2.45) is 7.05 Å². The maximum Gasteiger partial charge on any atom is 0.317 e. The molecular weight excluding hydrogens is 514 g/mol. The van der Waals surface area contributed by atoms with Gasteiger partial charge in [0.15, 0.2) is 5.82 Å². The molecule has 1 fully saturated rings. The van der Waals surface area contributed by atoms with Gasteiger partial charge in [-0.25, -0.2) is 22.9 Å². The van der Waals surface area contributed by atoms with Crippen LogP contribution in [0.4, 0.5) is 4.79 Å². The zero-order chi connectivity index (χ0) is 28.3. The lowest BCUT2D eigenvalue weighted by molar-refractivity contribution is 0.197. The van der Waals surface area contributed by atoms with Crippen molar-refractivity contribution in [1.29, 1.82) is 0 Å². The molecule has 0 spiro atoms. The molecule has 2 aromatic rings. The van der Waals surface area contributed by atoms with Crippen LogP contribution < -0.4 is 10.0 Å². The maximum atomic E-state index is 13.1. The van der Waals surface area contributed by atoms with Crippen LogP contribution in [-0.4, -0.2) is 77.5 Å². The highest BCUT2D eigenvalue weighted by Crippen LogP contribution is 2.20. The van der Waals surface area contributed by atoms with Gasteiger partial charge in [0, 0.05) is 20.1 Å². The fraction of sp³-hybridized carbons (Fsp3) is 0.679. The fourth-order valence-corrected chi connectivity index (χ4v) is 6.31. The zero-order valence-corrected chi connectivity index (χ0v) is 24.9. The van der Waals surface area contributed by atoms with Gasteiger partial charge < -0.3 is 15.1 Å². The number of hydrogen-bond acceptors (Lipinski definition) is 6. The summed E-state index contributed by atoms with van der Waals surface area (Å²) < 4.78 is 30.7. The molecule has 10 nitrogen and oxygen atoms in total. The summed E-state index contributed by atoms with van der Waals surface area (Å²) in [5.74, 6) is 1.09. The van der Waals surface area contributed by atoms with Gasteiger partial charge in [0.1, 0.15) is 5.82 Å². The molecule has 3 rings (SSSR count). The Bertz CT molecular complexity index is 1110. The van der Waals surface area contributed by atoms with Crippen LogP contribution in [0.5, 0.6) is 0 Å². The highest BCUT2D eigenvalue weighted by atomic mass is 32.2. The van der Waals surface area contributed by atoms with Crippen molar-refractivity contribution in [2.45, 2.75) is 83.8 Å². The highest BCUT2D eigenvalue weighted by Gasteiger charge is 2.25. The molecule has 1 aromatic carbocycles. The number of sulfonamides is 1. The molecule has 1 atom stereocenters. The number of nitrogens with zero attached hydrogens (tertiary/aromatic N) is 5. The third kappa shape index (κ3) is 10.2. The second-order valence-electron chi connectivity index (χ2n) is 10.5. The molecule has 11 heteroatoms. The van der Waals surface area contributed by atoms with Crippen LogP contribution in [0.1, 0.15) is 82.0 Å². The van der Waals surface area contributed by atoms with E-state index in [0.29, 0.717) is 30.9 Å². The molecule has 1 heterocycles. The van der Waals surface area contributed by atoms with Crippen molar-refractivity contribution in [2.75, 3.05) is 32.4 Å². The van der Waals surface area contributed by atoms with E-state index in [1.165, 1.54) is 6.42 Å². The third-order valence-electron chi connectivity index (χ3n) is 7.51. The van der Waals surface area contributed by atoms with Crippen LogP contribution in [-0.2, 0) is 30.0 Å². The minimum Gasteiger partial charge on any atom is -0.335 e. The summed E-state index contributed by atoms with van der Waals surface area (Å²) in [7, 11) is -0.0111. The Kier molecular flexibility index (Phi) is 12.2. The minimum atomic E-state index is -3.54. The van der Waals surface area contributed by atoms with Gasteiger partial charge in [0.2, 0.25) is 10.0 Å². The average Bonchev–Trinajstić information content (AvgIpc) is 3.29. The van der Waals surface area contributed by atoms with E-state index in [2.05, 4.69) is 33.9 Å². The second-order valence-corrected chi connectivity index (χ2v) is 12.4. The minimum absolute atomic E-state index is 0.0507. The molecule has 218 valence electrons. The van der Waals surface area contributed by atoms with Gasteiger partial charge in [-0.15, -0.1) is 0 Å². The largest absolute Gasteiger partial charge is 0.335 e. The number of aromatic nitrogens is 3. The van der Waals surface area contributed by atoms with E-state index in [0.717, 1.165) is 50.9 Å². The third-order valence-corrected chi connectivity index (χ3v) is 8.98. The Hall–Kier alpha value is -2.50. The summed E-state index contributed by atoms with van der Waals surface area (Å²) in [6.07, 6.45) is 7.34. The van der Waals surface area contributed by atoms with E-state index < -0.39 is 16.1 Å². The van der Waals surface area contributed by atoms with Crippen molar-refractivity contribution in [1.82, 2.24) is 34.6 Å². The van der Waals surface area contributed by atoms with Gasteiger partial charge in [-0.1, -0.05) is 63.4 Å². The first-order valence-electron chi connectivity index (χ1n) is 14.4. The molecule has 1 saturated carbocycles. The molecule has 0 radical (unpaired) electrons. The molecule has 0 bridgehead atoms. The van der Waals surface area contributed by atoms with Gasteiger partial charge in [-0.3, -0.25) is 4.68 Å². The molecule has 1 aliphatic rings. The second kappa shape index (κ2) is 15.3.